The zero-order valence-corrected chi connectivity index (χ0v) is 19.7. The Labute approximate surface area is 207 Å². The Hall–Kier alpha value is -3.73. The van der Waals surface area contributed by atoms with Crippen molar-refractivity contribution in [3.63, 3.8) is 0 Å². The van der Waals surface area contributed by atoms with Crippen molar-refractivity contribution in [1.29, 1.82) is 0 Å². The molecule has 3 aromatic rings. The average Bonchev–Trinajstić information content (AvgIpc) is 3.62. The summed E-state index contributed by atoms with van der Waals surface area (Å²) in [5.74, 6) is 1.23. The normalized spacial score (nSPS) is 25.0. The first-order chi connectivity index (χ1) is 17.5. The summed E-state index contributed by atoms with van der Waals surface area (Å²) in [4.78, 5) is 11.3. The van der Waals surface area contributed by atoms with Crippen molar-refractivity contribution in [2.75, 3.05) is 23.3 Å². The van der Waals surface area contributed by atoms with E-state index in [0.717, 1.165) is 40.6 Å². The number of amidine groups is 1. The van der Waals surface area contributed by atoms with Crippen molar-refractivity contribution >= 4 is 35.1 Å². The largest absolute Gasteiger partial charge is 0.388 e. The fourth-order valence-corrected chi connectivity index (χ4v) is 4.81. The van der Waals surface area contributed by atoms with E-state index in [1.807, 2.05) is 29.3 Å². The maximum Gasteiger partial charge on any atom is 0.164 e. The van der Waals surface area contributed by atoms with Crippen molar-refractivity contribution in [3.05, 3.63) is 71.7 Å². The Morgan fingerprint density at radius 1 is 1.11 bits per heavy atom. The van der Waals surface area contributed by atoms with E-state index < -0.39 is 24.5 Å². The van der Waals surface area contributed by atoms with Gasteiger partial charge in [-0.25, -0.2) is 9.38 Å². The molecule has 0 amide bonds. The van der Waals surface area contributed by atoms with Crippen LogP contribution < -0.4 is 15.5 Å². The Balaban J connectivity index is 1.28. The van der Waals surface area contributed by atoms with Gasteiger partial charge < -0.3 is 35.1 Å². The van der Waals surface area contributed by atoms with Crippen LogP contribution in [0, 0.1) is 5.82 Å². The number of nitrogens with one attached hydrogen (secondary N) is 2. The Bertz CT molecular complexity index is 1340. The average molecular weight is 491 g/mol. The third kappa shape index (κ3) is 4.02. The highest BCUT2D eigenvalue weighted by molar-refractivity contribution is 6.06. The third-order valence-corrected chi connectivity index (χ3v) is 6.77. The highest BCUT2D eigenvalue weighted by Gasteiger charge is 2.42. The summed E-state index contributed by atoms with van der Waals surface area (Å²) in [5.41, 5.74) is 4.48. The summed E-state index contributed by atoms with van der Waals surface area (Å²) < 4.78 is 20.9. The van der Waals surface area contributed by atoms with Gasteiger partial charge in [-0.1, -0.05) is 0 Å². The van der Waals surface area contributed by atoms with Gasteiger partial charge in [0.2, 0.25) is 0 Å². The summed E-state index contributed by atoms with van der Waals surface area (Å²) >= 11 is 0. The molecule has 4 heterocycles. The number of rotatable bonds is 5. The Morgan fingerprint density at radius 3 is 2.67 bits per heavy atom. The van der Waals surface area contributed by atoms with Gasteiger partial charge in [0.25, 0.3) is 0 Å². The molecule has 36 heavy (non-hydrogen) atoms. The highest BCUT2D eigenvalue weighted by atomic mass is 19.1. The molecule has 10 heteroatoms. The van der Waals surface area contributed by atoms with Crippen LogP contribution in [0.5, 0.6) is 0 Å². The lowest BCUT2D eigenvalue weighted by molar-refractivity contribution is -0.0308. The second kappa shape index (κ2) is 9.05. The molecule has 6 rings (SSSR count). The molecule has 4 atom stereocenters. The van der Waals surface area contributed by atoms with Crippen LogP contribution in [0.1, 0.15) is 24.3 Å². The predicted octanol–water partition coefficient (Wildman–Crippen LogP) is 3.04. The molecule has 0 bridgehead atoms. The van der Waals surface area contributed by atoms with Gasteiger partial charge in [0.1, 0.15) is 29.7 Å². The molecular weight excluding hydrogens is 463 g/mol. The second-order valence-electron chi connectivity index (χ2n) is 9.18. The molecule has 0 radical (unpaired) electrons. The quantitative estimate of drug-likeness (QED) is 0.438. The van der Waals surface area contributed by atoms with Crippen molar-refractivity contribution in [2.45, 2.75) is 38.0 Å². The fraction of sp³-hybridized carbons (Fsp3) is 0.308. The van der Waals surface area contributed by atoms with Crippen molar-refractivity contribution in [2.24, 2.45) is 9.98 Å². The van der Waals surface area contributed by atoms with Gasteiger partial charge >= 0.3 is 0 Å². The number of anilines is 3. The Kier molecular flexibility index (Phi) is 5.71. The molecule has 3 aliphatic heterocycles. The number of hydrogen-bond donors (Lipinski definition) is 4. The molecule has 1 fully saturated rings. The van der Waals surface area contributed by atoms with E-state index in [2.05, 4.69) is 26.7 Å². The van der Waals surface area contributed by atoms with E-state index in [4.69, 9.17) is 4.74 Å². The number of aromatic nitrogens is 1. The van der Waals surface area contributed by atoms with Crippen LogP contribution in [0.4, 0.5) is 27.3 Å². The zero-order valence-electron chi connectivity index (χ0n) is 19.7. The molecule has 4 N–H and O–H groups in total. The first kappa shape index (κ1) is 22.7. The molecular formula is C26H27FN6O3. The zero-order chi connectivity index (χ0) is 24.8. The van der Waals surface area contributed by atoms with E-state index in [1.165, 1.54) is 12.1 Å². The van der Waals surface area contributed by atoms with Crippen molar-refractivity contribution in [3.8, 4) is 0 Å². The van der Waals surface area contributed by atoms with Gasteiger partial charge in [-0.3, -0.25) is 4.99 Å². The van der Waals surface area contributed by atoms with E-state index >= 15 is 0 Å². The standard InChI is InChI=1S/C26H27FN6O3/c1-15-22(34)23(35)26(36-15)33-11-8-16-13-32(14-30-25(16)33)19-6-7-21(20(12-19)24-28-9-10-29-24)31-18-4-2-17(27)3-5-18/h2-8,11-12,14-15,22-23,26,31,34-35H,9-10,13H2,1H3,(H,28,29)/t15-,22-,23-,26-/m1/s1. The maximum atomic E-state index is 13.4. The lowest BCUT2D eigenvalue weighted by Gasteiger charge is -2.26. The number of fused-ring (bicyclic) bond motifs is 1. The summed E-state index contributed by atoms with van der Waals surface area (Å²) in [6.45, 7) is 3.81. The molecule has 9 nitrogen and oxygen atoms in total. The van der Waals surface area contributed by atoms with Crippen LogP contribution >= 0.6 is 0 Å². The van der Waals surface area contributed by atoms with Gasteiger partial charge in [0, 0.05) is 40.9 Å². The second-order valence-corrected chi connectivity index (χ2v) is 9.18. The van der Waals surface area contributed by atoms with Crippen molar-refractivity contribution < 1.29 is 19.3 Å². The fourth-order valence-electron chi connectivity index (χ4n) is 4.81. The highest BCUT2D eigenvalue weighted by Crippen LogP contribution is 2.37. The van der Waals surface area contributed by atoms with Crippen LogP contribution in [-0.2, 0) is 11.3 Å². The molecule has 186 valence electrons. The molecule has 0 unspecified atom stereocenters. The maximum absolute atomic E-state index is 13.4. The smallest absolute Gasteiger partial charge is 0.164 e. The molecule has 3 aliphatic rings. The molecule has 1 aromatic heterocycles. The summed E-state index contributed by atoms with van der Waals surface area (Å²) in [5, 5.41) is 27.2. The molecule has 0 spiro atoms. The minimum Gasteiger partial charge on any atom is -0.388 e. The summed E-state index contributed by atoms with van der Waals surface area (Å²) in [6.07, 6.45) is 0.494. The Morgan fingerprint density at radius 2 is 1.94 bits per heavy atom. The first-order valence-corrected chi connectivity index (χ1v) is 12.0. The summed E-state index contributed by atoms with van der Waals surface area (Å²) in [7, 11) is 0. The molecule has 0 saturated carbocycles. The molecule has 2 aromatic carbocycles. The van der Waals surface area contributed by atoms with E-state index in [9.17, 15) is 14.6 Å². The number of hydrogen-bond acceptors (Lipinski definition) is 8. The van der Waals surface area contributed by atoms with Gasteiger partial charge in [-0.2, -0.15) is 0 Å². The topological polar surface area (TPSA) is 107 Å². The molecule has 1 saturated heterocycles. The minimum atomic E-state index is -1.02. The van der Waals surface area contributed by atoms with E-state index in [0.29, 0.717) is 18.9 Å². The van der Waals surface area contributed by atoms with Crippen LogP contribution in [0.3, 0.4) is 0 Å². The number of halogens is 1. The number of aliphatic hydroxyl groups excluding tert-OH is 2. The minimum absolute atomic E-state index is 0.282. The number of benzene rings is 2. The monoisotopic (exact) mass is 490 g/mol. The molecule has 0 aliphatic carbocycles. The lowest BCUT2D eigenvalue weighted by atomic mass is 10.1. The van der Waals surface area contributed by atoms with Crippen LogP contribution in [0.15, 0.2) is 64.7 Å². The van der Waals surface area contributed by atoms with Gasteiger partial charge in [-0.05, 0) is 55.5 Å². The number of aliphatic imine (C=N–C) groups is 2. The van der Waals surface area contributed by atoms with Crippen LogP contribution in [0.25, 0.3) is 0 Å². The predicted molar refractivity (Wildman–Crippen MR) is 136 cm³/mol. The van der Waals surface area contributed by atoms with Crippen LogP contribution in [-0.4, -0.2) is 58.4 Å². The lowest BCUT2D eigenvalue weighted by Crippen LogP contribution is -2.30. The van der Waals surface area contributed by atoms with Crippen LogP contribution in [0.2, 0.25) is 0 Å². The number of nitrogens with zero attached hydrogens (tertiary/aromatic N) is 4. The van der Waals surface area contributed by atoms with Crippen molar-refractivity contribution in [1.82, 2.24) is 9.88 Å². The summed E-state index contributed by atoms with van der Waals surface area (Å²) in [6, 6.07) is 14.2. The van der Waals surface area contributed by atoms with Gasteiger partial charge in [0.15, 0.2) is 6.23 Å². The SMILES string of the molecule is C[C@H]1O[C@@H](n2ccc3c2N=CN(c2ccc(Nc4ccc(F)cc4)c(C4=NCCN4)c2)C3)[C@H](O)[C@@H]1O. The number of ether oxygens (including phenoxy) is 1. The first-order valence-electron chi connectivity index (χ1n) is 12.0. The third-order valence-electron chi connectivity index (χ3n) is 6.77. The number of aliphatic hydroxyl groups is 2. The van der Waals surface area contributed by atoms with E-state index in [-0.39, 0.29) is 5.82 Å². The van der Waals surface area contributed by atoms with E-state index in [1.54, 1.807) is 30.0 Å². The van der Waals surface area contributed by atoms with Gasteiger partial charge in [-0.15, -0.1) is 0 Å². The van der Waals surface area contributed by atoms with Gasteiger partial charge in [0.05, 0.1) is 25.5 Å².